The Balaban J connectivity index is 1.81. The summed E-state index contributed by atoms with van der Waals surface area (Å²) in [5, 5.41) is 3.76. The molecule has 1 N–H and O–H groups in total. The Bertz CT molecular complexity index is 1670. The maximum absolute atomic E-state index is 14.5. The molecule has 4 aromatic rings. The van der Waals surface area contributed by atoms with Crippen molar-refractivity contribution in [3.05, 3.63) is 130 Å². The predicted molar refractivity (Wildman–Crippen MR) is 176 cm³/mol. The van der Waals surface area contributed by atoms with Crippen molar-refractivity contribution in [1.29, 1.82) is 0 Å². The van der Waals surface area contributed by atoms with Crippen molar-refractivity contribution in [2.45, 2.75) is 50.2 Å². The molecular formula is C34H35Cl2N3O4S. The van der Waals surface area contributed by atoms with E-state index < -0.39 is 28.5 Å². The lowest BCUT2D eigenvalue weighted by atomic mass is 10.0. The van der Waals surface area contributed by atoms with E-state index in [0.29, 0.717) is 22.0 Å². The first-order chi connectivity index (χ1) is 21.1. The summed E-state index contributed by atoms with van der Waals surface area (Å²) in [6, 6.07) is 29.6. The molecule has 0 bridgehead atoms. The molecule has 0 aromatic heterocycles. The van der Waals surface area contributed by atoms with Gasteiger partial charge in [-0.15, -0.1) is 0 Å². The summed E-state index contributed by atoms with van der Waals surface area (Å²) in [7, 11) is -4.21. The zero-order valence-corrected chi connectivity index (χ0v) is 26.9. The Labute approximate surface area is 269 Å². The molecule has 2 amide bonds. The number of halogens is 2. The van der Waals surface area contributed by atoms with Crippen LogP contribution in [0, 0.1) is 0 Å². The maximum Gasteiger partial charge on any atom is 0.264 e. The highest BCUT2D eigenvalue weighted by molar-refractivity contribution is 7.92. The largest absolute Gasteiger partial charge is 0.352 e. The number of carbonyl (C=O) groups is 2. The van der Waals surface area contributed by atoms with Crippen LogP contribution in [0.15, 0.2) is 114 Å². The number of benzene rings is 4. The highest BCUT2D eigenvalue weighted by Crippen LogP contribution is 2.28. The second kappa shape index (κ2) is 15.2. The van der Waals surface area contributed by atoms with Crippen LogP contribution in [-0.2, 0) is 32.6 Å². The van der Waals surface area contributed by atoms with Crippen LogP contribution in [-0.4, -0.2) is 43.8 Å². The zero-order valence-electron chi connectivity index (χ0n) is 24.6. The van der Waals surface area contributed by atoms with E-state index in [4.69, 9.17) is 23.2 Å². The molecule has 44 heavy (non-hydrogen) atoms. The summed E-state index contributed by atoms with van der Waals surface area (Å²) >= 11 is 12.8. The van der Waals surface area contributed by atoms with Gasteiger partial charge in [0, 0.05) is 29.1 Å². The number of carbonyl (C=O) groups excluding carboxylic acids is 2. The molecule has 0 saturated heterocycles. The molecule has 4 rings (SSSR count). The normalized spacial score (nSPS) is 12.6. The lowest BCUT2D eigenvalue weighted by Gasteiger charge is -2.34. The number of nitrogens with zero attached hydrogens (tertiary/aromatic N) is 2. The molecule has 230 valence electrons. The highest BCUT2D eigenvalue weighted by atomic mass is 35.5. The van der Waals surface area contributed by atoms with E-state index in [0.717, 1.165) is 9.87 Å². The minimum Gasteiger partial charge on any atom is -0.352 e. The van der Waals surface area contributed by atoms with E-state index in [1.165, 1.54) is 23.1 Å². The van der Waals surface area contributed by atoms with Crippen LogP contribution in [0.5, 0.6) is 0 Å². The van der Waals surface area contributed by atoms with Crippen LogP contribution in [0.3, 0.4) is 0 Å². The van der Waals surface area contributed by atoms with Crippen LogP contribution in [0.4, 0.5) is 5.69 Å². The molecule has 0 aliphatic heterocycles. The van der Waals surface area contributed by atoms with Crippen LogP contribution >= 0.6 is 23.2 Å². The Morgan fingerprint density at radius 3 is 2.11 bits per heavy atom. The van der Waals surface area contributed by atoms with Crippen LogP contribution < -0.4 is 9.62 Å². The smallest absolute Gasteiger partial charge is 0.264 e. The number of hydrogen-bond donors (Lipinski definition) is 1. The average Bonchev–Trinajstić information content (AvgIpc) is 3.03. The second-order valence-electron chi connectivity index (χ2n) is 10.4. The fraction of sp³-hybridized carbons (Fsp3) is 0.235. The number of nitrogens with one attached hydrogen (secondary N) is 1. The molecule has 2 atom stereocenters. The molecule has 0 aliphatic carbocycles. The maximum atomic E-state index is 14.5. The second-order valence-corrected chi connectivity index (χ2v) is 13.1. The fourth-order valence-electron chi connectivity index (χ4n) is 4.68. The predicted octanol–water partition coefficient (Wildman–Crippen LogP) is 6.74. The van der Waals surface area contributed by atoms with E-state index >= 15 is 0 Å². The van der Waals surface area contributed by atoms with E-state index in [1.54, 1.807) is 60.7 Å². The van der Waals surface area contributed by atoms with Gasteiger partial charge in [-0.05, 0) is 60.9 Å². The summed E-state index contributed by atoms with van der Waals surface area (Å²) in [5.41, 5.74) is 1.69. The van der Waals surface area contributed by atoms with Gasteiger partial charge in [0.25, 0.3) is 10.0 Å². The standard InChI is InChI=1S/C34H35Cl2N3O4S/c1-3-25(2)37-34(41)32(21-26-13-6-4-7-14-26)38(23-27-15-10-11-20-31(27)36)33(40)24-39(29-17-12-16-28(35)22-29)44(42,43)30-18-8-5-9-19-30/h4-20,22,25,32H,3,21,23-24H2,1-2H3,(H,37,41)/t25-,32+/m1/s1. The van der Waals surface area contributed by atoms with Gasteiger partial charge in [0.15, 0.2) is 0 Å². The number of anilines is 1. The monoisotopic (exact) mass is 651 g/mol. The third-order valence-electron chi connectivity index (χ3n) is 7.28. The molecule has 0 heterocycles. The lowest BCUT2D eigenvalue weighted by molar-refractivity contribution is -0.140. The Morgan fingerprint density at radius 2 is 1.48 bits per heavy atom. The van der Waals surface area contributed by atoms with Crippen LogP contribution in [0.1, 0.15) is 31.4 Å². The first-order valence-corrected chi connectivity index (χ1v) is 16.5. The Hall–Kier alpha value is -3.85. The van der Waals surface area contributed by atoms with Gasteiger partial charge in [-0.1, -0.05) is 103 Å². The van der Waals surface area contributed by atoms with Gasteiger partial charge < -0.3 is 10.2 Å². The number of rotatable bonds is 13. The molecule has 0 fully saturated rings. The van der Waals surface area contributed by atoms with Crippen molar-refractivity contribution < 1.29 is 18.0 Å². The molecular weight excluding hydrogens is 617 g/mol. The van der Waals surface area contributed by atoms with E-state index in [9.17, 15) is 18.0 Å². The van der Waals surface area contributed by atoms with Crippen LogP contribution in [0.25, 0.3) is 0 Å². The third-order valence-corrected chi connectivity index (χ3v) is 9.67. The number of sulfonamides is 1. The van der Waals surface area contributed by atoms with Crippen molar-refractivity contribution in [2.75, 3.05) is 10.8 Å². The van der Waals surface area contributed by atoms with Gasteiger partial charge in [-0.2, -0.15) is 0 Å². The molecule has 4 aromatic carbocycles. The van der Waals surface area contributed by atoms with E-state index in [-0.39, 0.29) is 35.5 Å². The van der Waals surface area contributed by atoms with Gasteiger partial charge >= 0.3 is 0 Å². The molecule has 7 nitrogen and oxygen atoms in total. The fourth-order valence-corrected chi connectivity index (χ4v) is 6.49. The van der Waals surface area contributed by atoms with Crippen molar-refractivity contribution in [3.63, 3.8) is 0 Å². The average molecular weight is 653 g/mol. The molecule has 0 radical (unpaired) electrons. The van der Waals surface area contributed by atoms with Gasteiger partial charge in [-0.25, -0.2) is 8.42 Å². The van der Waals surface area contributed by atoms with Crippen molar-refractivity contribution >= 4 is 50.7 Å². The summed E-state index contributed by atoms with van der Waals surface area (Å²) in [5.74, 6) is -0.923. The lowest BCUT2D eigenvalue weighted by Crippen LogP contribution is -2.54. The first kappa shape index (κ1) is 33.1. The number of hydrogen-bond acceptors (Lipinski definition) is 4. The Kier molecular flexibility index (Phi) is 11.4. The zero-order chi connectivity index (χ0) is 31.7. The molecule has 0 saturated carbocycles. The first-order valence-electron chi connectivity index (χ1n) is 14.3. The quantitative estimate of drug-likeness (QED) is 0.173. The number of amides is 2. The van der Waals surface area contributed by atoms with Gasteiger partial charge in [-0.3, -0.25) is 13.9 Å². The minimum atomic E-state index is -4.21. The minimum absolute atomic E-state index is 0.0146. The summed E-state index contributed by atoms with van der Waals surface area (Å²) in [6.07, 6.45) is 0.905. The third kappa shape index (κ3) is 8.40. The Morgan fingerprint density at radius 1 is 0.841 bits per heavy atom. The highest BCUT2D eigenvalue weighted by Gasteiger charge is 2.35. The van der Waals surface area contributed by atoms with Gasteiger partial charge in [0.05, 0.1) is 10.6 Å². The SMILES string of the molecule is CC[C@@H](C)NC(=O)[C@H](Cc1ccccc1)N(Cc1ccccc1Cl)C(=O)CN(c1cccc(Cl)c1)S(=O)(=O)c1ccccc1. The summed E-state index contributed by atoms with van der Waals surface area (Å²) in [4.78, 5) is 29.8. The van der Waals surface area contributed by atoms with E-state index in [2.05, 4.69) is 5.32 Å². The summed E-state index contributed by atoms with van der Waals surface area (Å²) in [6.45, 7) is 3.26. The van der Waals surface area contributed by atoms with Gasteiger partial charge in [0.2, 0.25) is 11.8 Å². The van der Waals surface area contributed by atoms with Crippen LogP contribution in [0.2, 0.25) is 10.0 Å². The topological polar surface area (TPSA) is 86.8 Å². The van der Waals surface area contributed by atoms with Crippen molar-refractivity contribution in [3.8, 4) is 0 Å². The van der Waals surface area contributed by atoms with E-state index in [1.807, 2.05) is 44.2 Å². The molecule has 0 spiro atoms. The molecule has 0 unspecified atom stereocenters. The van der Waals surface area contributed by atoms with Gasteiger partial charge in [0.1, 0.15) is 12.6 Å². The molecule has 10 heteroatoms. The van der Waals surface area contributed by atoms with Crippen molar-refractivity contribution in [2.24, 2.45) is 0 Å². The summed E-state index contributed by atoms with van der Waals surface area (Å²) < 4.78 is 29.0. The van der Waals surface area contributed by atoms with Crippen molar-refractivity contribution in [1.82, 2.24) is 10.2 Å². The molecule has 0 aliphatic rings.